The second kappa shape index (κ2) is 8.25. The molecule has 0 unspecified atom stereocenters. The fraction of sp³-hybridized carbons (Fsp3) is 0.375. The molecule has 0 amide bonds. The third kappa shape index (κ3) is 5.08. The number of aromatic nitrogens is 2. The highest BCUT2D eigenvalue weighted by atomic mass is 15.1. The number of rotatable bonds is 4. The Morgan fingerprint density at radius 2 is 1.74 bits per heavy atom. The van der Waals surface area contributed by atoms with Gasteiger partial charge in [-0.3, -0.25) is 0 Å². The number of nitrogens with zero attached hydrogens (tertiary/aromatic N) is 2. The first kappa shape index (κ1) is 15.2. The van der Waals surface area contributed by atoms with Crippen LogP contribution in [-0.2, 0) is 6.54 Å². The molecule has 0 aliphatic heterocycles. The lowest BCUT2D eigenvalue weighted by atomic mass is 10.1. The summed E-state index contributed by atoms with van der Waals surface area (Å²) in [5.41, 5.74) is 2.29. The molecule has 0 fully saturated rings. The van der Waals surface area contributed by atoms with E-state index in [2.05, 4.69) is 41.3 Å². The summed E-state index contributed by atoms with van der Waals surface area (Å²) in [4.78, 5) is 8.68. The van der Waals surface area contributed by atoms with Crippen LogP contribution in [0.1, 0.15) is 44.9 Å². The Bertz CT molecular complexity index is 466. The largest absolute Gasteiger partial charge is 0.350 e. The van der Waals surface area contributed by atoms with Crippen molar-refractivity contribution in [1.82, 2.24) is 9.97 Å². The zero-order valence-corrected chi connectivity index (χ0v) is 12.2. The molecule has 0 spiro atoms. The van der Waals surface area contributed by atoms with Crippen molar-refractivity contribution in [3.63, 3.8) is 0 Å². The normalized spacial score (nSPS) is 9.74. The fourth-order valence-electron chi connectivity index (χ4n) is 1.56. The van der Waals surface area contributed by atoms with Crippen LogP contribution in [0.15, 0.2) is 42.6 Å². The lowest BCUT2D eigenvalue weighted by molar-refractivity contribution is 0.813. The molecule has 1 aromatic carbocycles. The fourth-order valence-corrected chi connectivity index (χ4v) is 1.56. The Balaban J connectivity index is 0.000000861. The van der Waals surface area contributed by atoms with Crippen LogP contribution < -0.4 is 5.32 Å². The number of benzene rings is 1. The van der Waals surface area contributed by atoms with Crippen LogP contribution >= 0.6 is 0 Å². The van der Waals surface area contributed by atoms with Gasteiger partial charge < -0.3 is 5.32 Å². The minimum atomic E-state index is 0.426. The zero-order valence-electron chi connectivity index (χ0n) is 12.2. The molecule has 0 aliphatic carbocycles. The predicted molar refractivity (Wildman–Crippen MR) is 81.2 cm³/mol. The van der Waals surface area contributed by atoms with Gasteiger partial charge in [0.25, 0.3) is 0 Å². The van der Waals surface area contributed by atoms with Crippen LogP contribution in [0.5, 0.6) is 0 Å². The predicted octanol–water partition coefficient (Wildman–Crippen LogP) is 4.24. The summed E-state index contributed by atoms with van der Waals surface area (Å²) >= 11 is 0. The average Bonchev–Trinajstić information content (AvgIpc) is 2.48. The van der Waals surface area contributed by atoms with Crippen LogP contribution in [0, 0.1) is 0 Å². The van der Waals surface area contributed by atoms with Gasteiger partial charge in [0, 0.05) is 18.4 Å². The van der Waals surface area contributed by atoms with E-state index in [-0.39, 0.29) is 0 Å². The van der Waals surface area contributed by atoms with Crippen molar-refractivity contribution in [1.29, 1.82) is 0 Å². The summed E-state index contributed by atoms with van der Waals surface area (Å²) in [6, 6.07) is 12.2. The molecule has 1 aromatic heterocycles. The topological polar surface area (TPSA) is 37.8 Å². The van der Waals surface area contributed by atoms with Crippen molar-refractivity contribution in [3.8, 4) is 0 Å². The Kier molecular flexibility index (Phi) is 6.58. The SMILES string of the molecule is CC.CC(C)c1ccnc(NCc2ccccc2)n1. The number of hydrogen-bond donors (Lipinski definition) is 1. The second-order valence-corrected chi connectivity index (χ2v) is 4.30. The van der Waals surface area contributed by atoms with E-state index < -0.39 is 0 Å². The molecule has 0 atom stereocenters. The van der Waals surface area contributed by atoms with Gasteiger partial charge in [-0.25, -0.2) is 9.97 Å². The molecule has 2 aromatic rings. The standard InChI is InChI=1S/C14H17N3.C2H6/c1-11(2)13-8-9-15-14(17-13)16-10-12-6-4-3-5-7-12;1-2/h3-9,11H,10H2,1-2H3,(H,15,16,17);1-2H3. The molecule has 0 radical (unpaired) electrons. The summed E-state index contributed by atoms with van der Waals surface area (Å²) in [5.74, 6) is 1.12. The third-order valence-corrected chi connectivity index (χ3v) is 2.56. The lowest BCUT2D eigenvalue weighted by Crippen LogP contribution is -2.05. The summed E-state index contributed by atoms with van der Waals surface area (Å²) in [6.45, 7) is 9.01. The molecule has 3 heteroatoms. The Morgan fingerprint density at radius 1 is 1.05 bits per heavy atom. The van der Waals surface area contributed by atoms with Crippen LogP contribution in [0.4, 0.5) is 5.95 Å². The highest BCUT2D eigenvalue weighted by molar-refractivity contribution is 5.28. The summed E-state index contributed by atoms with van der Waals surface area (Å²) in [5, 5.41) is 3.23. The Morgan fingerprint density at radius 3 is 2.37 bits per heavy atom. The molecule has 0 saturated heterocycles. The molecule has 2 rings (SSSR count). The zero-order chi connectivity index (χ0) is 14.1. The molecule has 102 valence electrons. The maximum absolute atomic E-state index is 4.47. The van der Waals surface area contributed by atoms with Gasteiger partial charge in [0.1, 0.15) is 0 Å². The molecular formula is C16H23N3. The molecule has 0 aliphatic rings. The van der Waals surface area contributed by atoms with Crippen molar-refractivity contribution in [2.75, 3.05) is 5.32 Å². The number of anilines is 1. The van der Waals surface area contributed by atoms with E-state index in [4.69, 9.17) is 0 Å². The molecular weight excluding hydrogens is 234 g/mol. The quantitative estimate of drug-likeness (QED) is 0.890. The average molecular weight is 257 g/mol. The van der Waals surface area contributed by atoms with Crippen LogP contribution in [0.25, 0.3) is 0 Å². The molecule has 0 bridgehead atoms. The minimum absolute atomic E-state index is 0.426. The van der Waals surface area contributed by atoms with Crippen molar-refractivity contribution in [3.05, 3.63) is 53.9 Å². The smallest absolute Gasteiger partial charge is 0.223 e. The van der Waals surface area contributed by atoms with Crippen molar-refractivity contribution >= 4 is 5.95 Å². The van der Waals surface area contributed by atoms with E-state index in [1.807, 2.05) is 38.1 Å². The van der Waals surface area contributed by atoms with Gasteiger partial charge in [-0.05, 0) is 17.5 Å². The van der Waals surface area contributed by atoms with E-state index >= 15 is 0 Å². The van der Waals surface area contributed by atoms with Crippen molar-refractivity contribution in [2.24, 2.45) is 0 Å². The number of hydrogen-bond acceptors (Lipinski definition) is 3. The van der Waals surface area contributed by atoms with Crippen LogP contribution in [-0.4, -0.2) is 9.97 Å². The first-order chi connectivity index (χ1) is 9.25. The van der Waals surface area contributed by atoms with E-state index in [1.165, 1.54) is 5.56 Å². The van der Waals surface area contributed by atoms with Gasteiger partial charge in [0.05, 0.1) is 0 Å². The summed E-state index contributed by atoms with van der Waals surface area (Å²) < 4.78 is 0. The van der Waals surface area contributed by atoms with E-state index in [0.717, 1.165) is 12.2 Å². The van der Waals surface area contributed by atoms with Crippen LogP contribution in [0.2, 0.25) is 0 Å². The van der Waals surface area contributed by atoms with Crippen LogP contribution in [0.3, 0.4) is 0 Å². The highest BCUT2D eigenvalue weighted by Crippen LogP contribution is 2.12. The van der Waals surface area contributed by atoms with E-state index in [0.29, 0.717) is 11.9 Å². The first-order valence-corrected chi connectivity index (χ1v) is 6.86. The summed E-state index contributed by atoms with van der Waals surface area (Å²) in [7, 11) is 0. The van der Waals surface area contributed by atoms with Crippen molar-refractivity contribution < 1.29 is 0 Å². The van der Waals surface area contributed by atoms with Gasteiger partial charge in [0.15, 0.2) is 0 Å². The van der Waals surface area contributed by atoms with Gasteiger partial charge in [-0.15, -0.1) is 0 Å². The molecule has 0 saturated carbocycles. The molecule has 1 N–H and O–H groups in total. The maximum atomic E-state index is 4.47. The Hall–Kier alpha value is -1.90. The Labute approximate surface area is 116 Å². The minimum Gasteiger partial charge on any atom is -0.350 e. The van der Waals surface area contributed by atoms with Gasteiger partial charge in [-0.1, -0.05) is 58.0 Å². The maximum Gasteiger partial charge on any atom is 0.223 e. The van der Waals surface area contributed by atoms with Gasteiger partial charge in [-0.2, -0.15) is 0 Å². The molecule has 19 heavy (non-hydrogen) atoms. The lowest BCUT2D eigenvalue weighted by Gasteiger charge is -2.08. The monoisotopic (exact) mass is 257 g/mol. The molecule has 3 nitrogen and oxygen atoms in total. The van der Waals surface area contributed by atoms with E-state index in [9.17, 15) is 0 Å². The van der Waals surface area contributed by atoms with Gasteiger partial charge in [0.2, 0.25) is 5.95 Å². The molecule has 1 heterocycles. The first-order valence-electron chi connectivity index (χ1n) is 6.86. The third-order valence-electron chi connectivity index (χ3n) is 2.56. The summed E-state index contributed by atoms with van der Waals surface area (Å²) in [6.07, 6.45) is 1.80. The highest BCUT2D eigenvalue weighted by Gasteiger charge is 2.02. The number of nitrogens with one attached hydrogen (secondary N) is 1. The van der Waals surface area contributed by atoms with Crippen molar-refractivity contribution in [2.45, 2.75) is 40.2 Å². The van der Waals surface area contributed by atoms with E-state index in [1.54, 1.807) is 6.20 Å². The van der Waals surface area contributed by atoms with Gasteiger partial charge >= 0.3 is 0 Å². The second-order valence-electron chi connectivity index (χ2n) is 4.30.